The van der Waals surface area contributed by atoms with Gasteiger partial charge in [-0.25, -0.2) is 13.2 Å². The lowest BCUT2D eigenvalue weighted by Crippen LogP contribution is -2.34. The Bertz CT molecular complexity index is 1720. The SMILES string of the molecule is NC(=O)c1cc(-c2cccnc2C(Cc2cc(F)cc(F)c2)NC(=O)Cn2nc(C=O)c3c2C2CCC3C2)ccc1F. The molecular formula is C31H26F3N5O3. The van der Waals surface area contributed by atoms with Crippen LogP contribution in [0.5, 0.6) is 0 Å². The molecule has 3 N–H and O–H groups in total. The van der Waals surface area contributed by atoms with Crippen molar-refractivity contribution in [2.75, 3.05) is 0 Å². The van der Waals surface area contributed by atoms with Crippen LogP contribution in [-0.4, -0.2) is 32.9 Å². The van der Waals surface area contributed by atoms with Crippen LogP contribution in [0.1, 0.15) is 80.5 Å². The van der Waals surface area contributed by atoms with Crippen LogP contribution in [0.15, 0.2) is 54.7 Å². The van der Waals surface area contributed by atoms with Crippen molar-refractivity contribution >= 4 is 18.1 Å². The molecule has 0 saturated heterocycles. The molecule has 2 amide bonds. The van der Waals surface area contributed by atoms with Crippen LogP contribution in [0.2, 0.25) is 0 Å². The molecule has 4 aromatic rings. The zero-order valence-electron chi connectivity index (χ0n) is 22.3. The van der Waals surface area contributed by atoms with Crippen molar-refractivity contribution in [2.24, 2.45) is 5.73 Å². The molecule has 3 atom stereocenters. The molecule has 2 aliphatic carbocycles. The summed E-state index contributed by atoms with van der Waals surface area (Å²) in [4.78, 5) is 41.5. The van der Waals surface area contributed by atoms with E-state index in [9.17, 15) is 27.6 Å². The third kappa shape index (κ3) is 5.06. The molecular weight excluding hydrogens is 547 g/mol. The van der Waals surface area contributed by atoms with Crippen LogP contribution in [0.3, 0.4) is 0 Å². The fourth-order valence-electron chi connectivity index (χ4n) is 6.43. The fourth-order valence-corrected chi connectivity index (χ4v) is 6.43. The molecule has 8 nitrogen and oxygen atoms in total. The first kappa shape index (κ1) is 27.4. The number of benzene rings is 2. The van der Waals surface area contributed by atoms with E-state index in [-0.39, 0.29) is 35.9 Å². The molecule has 2 aromatic heterocycles. The monoisotopic (exact) mass is 573 g/mol. The van der Waals surface area contributed by atoms with E-state index < -0.39 is 35.3 Å². The first-order valence-electron chi connectivity index (χ1n) is 13.6. The van der Waals surface area contributed by atoms with E-state index in [1.54, 1.807) is 16.8 Å². The quantitative estimate of drug-likeness (QED) is 0.281. The Hall–Kier alpha value is -4.80. The lowest BCUT2D eigenvalue weighted by molar-refractivity contribution is -0.122. The largest absolute Gasteiger partial charge is 0.366 e. The van der Waals surface area contributed by atoms with Crippen molar-refractivity contribution in [1.29, 1.82) is 0 Å². The number of carbonyl (C=O) groups is 3. The fraction of sp³-hybridized carbons (Fsp3) is 0.258. The number of aromatic nitrogens is 3. The highest BCUT2D eigenvalue weighted by Gasteiger charge is 2.42. The number of hydrogen-bond donors (Lipinski definition) is 2. The average molecular weight is 574 g/mol. The zero-order chi connectivity index (χ0) is 29.5. The van der Waals surface area contributed by atoms with Gasteiger partial charge in [-0.1, -0.05) is 12.1 Å². The van der Waals surface area contributed by atoms with Crippen LogP contribution in [0.4, 0.5) is 13.2 Å². The number of hydrogen-bond acceptors (Lipinski definition) is 5. The number of fused-ring (bicyclic) bond motifs is 5. The van der Waals surface area contributed by atoms with E-state index >= 15 is 0 Å². The molecule has 1 fully saturated rings. The standard InChI is InChI=1S/C31H26F3N5O3/c32-20-8-16(9-21(33)13-20)10-25(29-22(2-1-7-36-29)17-5-6-24(34)23(12-17)31(35)42)37-27(41)14-39-30-19-4-3-18(11-19)28(30)26(15-40)38-39/h1-2,5-9,12-13,15,18-19,25H,3-4,10-11,14H2,(H2,35,42)(H,37,41). The topological polar surface area (TPSA) is 120 Å². The number of primary amides is 1. The molecule has 3 unspecified atom stereocenters. The Balaban J connectivity index is 1.36. The lowest BCUT2D eigenvalue weighted by atomic mass is 9.94. The predicted octanol–water partition coefficient (Wildman–Crippen LogP) is 4.74. The highest BCUT2D eigenvalue weighted by molar-refractivity contribution is 5.94. The summed E-state index contributed by atoms with van der Waals surface area (Å²) in [6.07, 6.45) is 5.08. The maximum absolute atomic E-state index is 14.2. The van der Waals surface area contributed by atoms with E-state index in [2.05, 4.69) is 15.4 Å². The first-order chi connectivity index (χ1) is 20.2. The summed E-state index contributed by atoms with van der Waals surface area (Å²) < 4.78 is 44.0. The summed E-state index contributed by atoms with van der Waals surface area (Å²) in [7, 11) is 0. The van der Waals surface area contributed by atoms with Gasteiger partial charge in [0.1, 0.15) is 29.7 Å². The Labute approximate surface area is 238 Å². The number of rotatable bonds is 9. The Kier molecular flexibility index (Phi) is 7.09. The van der Waals surface area contributed by atoms with Crippen LogP contribution in [0, 0.1) is 17.5 Å². The molecule has 2 bridgehead atoms. The van der Waals surface area contributed by atoms with E-state index in [1.165, 1.54) is 30.5 Å². The molecule has 6 rings (SSSR count). The number of nitrogens with one attached hydrogen (secondary N) is 1. The molecule has 2 heterocycles. The summed E-state index contributed by atoms with van der Waals surface area (Å²) in [5, 5.41) is 7.34. The molecule has 0 spiro atoms. The second-order valence-electron chi connectivity index (χ2n) is 10.8. The molecule has 1 saturated carbocycles. The van der Waals surface area contributed by atoms with Gasteiger partial charge >= 0.3 is 0 Å². The van der Waals surface area contributed by atoms with E-state index in [1.807, 2.05) is 0 Å². The molecule has 214 valence electrons. The van der Waals surface area contributed by atoms with Gasteiger partial charge in [0.2, 0.25) is 5.91 Å². The summed E-state index contributed by atoms with van der Waals surface area (Å²) in [6, 6.07) is 9.37. The normalized spacial score (nSPS) is 17.6. The average Bonchev–Trinajstić information content (AvgIpc) is 3.66. The van der Waals surface area contributed by atoms with Crippen molar-refractivity contribution in [2.45, 2.75) is 50.1 Å². The minimum Gasteiger partial charge on any atom is -0.366 e. The number of nitrogens with two attached hydrogens (primary N) is 1. The maximum atomic E-state index is 14.2. The molecule has 0 radical (unpaired) electrons. The minimum atomic E-state index is -0.949. The third-order valence-electron chi connectivity index (χ3n) is 8.10. The second-order valence-corrected chi connectivity index (χ2v) is 10.8. The van der Waals surface area contributed by atoms with Crippen molar-refractivity contribution in [1.82, 2.24) is 20.1 Å². The predicted molar refractivity (Wildman–Crippen MR) is 146 cm³/mol. The number of aldehydes is 1. The number of nitrogens with zero attached hydrogens (tertiary/aromatic N) is 3. The van der Waals surface area contributed by atoms with Gasteiger partial charge in [0.05, 0.1) is 17.3 Å². The van der Waals surface area contributed by atoms with Gasteiger partial charge in [0.15, 0.2) is 6.29 Å². The third-order valence-corrected chi connectivity index (χ3v) is 8.10. The van der Waals surface area contributed by atoms with E-state index in [0.29, 0.717) is 22.5 Å². The molecule has 0 aliphatic heterocycles. The van der Waals surface area contributed by atoms with Crippen molar-refractivity contribution in [3.8, 4) is 11.1 Å². The van der Waals surface area contributed by atoms with Gasteiger partial charge in [-0.05, 0) is 73.1 Å². The summed E-state index contributed by atoms with van der Waals surface area (Å²) >= 11 is 0. The van der Waals surface area contributed by atoms with Gasteiger partial charge < -0.3 is 11.1 Å². The van der Waals surface area contributed by atoms with Crippen molar-refractivity contribution < 1.29 is 27.6 Å². The van der Waals surface area contributed by atoms with Crippen LogP contribution in [-0.2, 0) is 17.8 Å². The summed E-state index contributed by atoms with van der Waals surface area (Å²) in [5.74, 6) is -3.22. The zero-order valence-corrected chi connectivity index (χ0v) is 22.3. The van der Waals surface area contributed by atoms with Gasteiger partial charge in [0.25, 0.3) is 5.91 Å². The van der Waals surface area contributed by atoms with E-state index in [0.717, 1.165) is 48.9 Å². The van der Waals surface area contributed by atoms with Crippen molar-refractivity contribution in [3.05, 3.63) is 106 Å². The number of amides is 2. The molecule has 42 heavy (non-hydrogen) atoms. The number of pyridine rings is 1. The molecule has 11 heteroatoms. The highest BCUT2D eigenvalue weighted by atomic mass is 19.1. The molecule has 2 aromatic carbocycles. The minimum absolute atomic E-state index is 0.0319. The summed E-state index contributed by atoms with van der Waals surface area (Å²) in [5.41, 5.74) is 8.70. The van der Waals surface area contributed by atoms with Crippen LogP contribution >= 0.6 is 0 Å². The Morgan fingerprint density at radius 3 is 2.57 bits per heavy atom. The van der Waals surface area contributed by atoms with Gasteiger partial charge in [0, 0.05) is 35.0 Å². The van der Waals surface area contributed by atoms with Gasteiger partial charge in [-0.15, -0.1) is 0 Å². The number of halogens is 3. The smallest absolute Gasteiger partial charge is 0.251 e. The lowest BCUT2D eigenvalue weighted by Gasteiger charge is -2.22. The Morgan fingerprint density at radius 2 is 1.83 bits per heavy atom. The van der Waals surface area contributed by atoms with E-state index in [4.69, 9.17) is 5.73 Å². The van der Waals surface area contributed by atoms with Gasteiger partial charge in [-0.3, -0.25) is 24.0 Å². The van der Waals surface area contributed by atoms with Crippen LogP contribution in [0.25, 0.3) is 11.1 Å². The van der Waals surface area contributed by atoms with Crippen molar-refractivity contribution in [3.63, 3.8) is 0 Å². The molecule has 2 aliphatic rings. The number of carbonyl (C=O) groups excluding carboxylic acids is 3. The second kappa shape index (κ2) is 10.9. The van der Waals surface area contributed by atoms with Gasteiger partial charge in [-0.2, -0.15) is 5.10 Å². The maximum Gasteiger partial charge on any atom is 0.251 e. The Morgan fingerprint density at radius 1 is 1.07 bits per heavy atom. The van der Waals surface area contributed by atoms with Crippen LogP contribution < -0.4 is 11.1 Å². The first-order valence-corrected chi connectivity index (χ1v) is 13.6. The highest BCUT2D eigenvalue weighted by Crippen LogP contribution is 2.53. The summed E-state index contributed by atoms with van der Waals surface area (Å²) in [6.45, 7) is -0.169.